The van der Waals surface area contributed by atoms with Gasteiger partial charge in [-0.1, -0.05) is 45.4 Å². The Kier molecular flexibility index (Phi) is 9.02. The van der Waals surface area contributed by atoms with Crippen molar-refractivity contribution in [3.8, 4) is 0 Å². The van der Waals surface area contributed by atoms with E-state index in [-0.39, 0.29) is 18.0 Å². The van der Waals surface area contributed by atoms with Crippen molar-refractivity contribution >= 4 is 11.8 Å². The van der Waals surface area contributed by atoms with Crippen molar-refractivity contribution in [3.63, 3.8) is 0 Å². The van der Waals surface area contributed by atoms with Gasteiger partial charge in [0.05, 0.1) is 13.2 Å². The zero-order valence-electron chi connectivity index (χ0n) is 16.7. The van der Waals surface area contributed by atoms with E-state index in [1.165, 1.54) is 19.3 Å². The van der Waals surface area contributed by atoms with E-state index in [0.717, 1.165) is 36.4 Å². The Labute approximate surface area is 169 Å². The number of nitrogen functional groups attached to an aromatic ring is 1. The number of aliphatic hydroxyl groups is 3. The number of aromatic nitrogens is 2. The minimum absolute atomic E-state index is 0.134. The van der Waals surface area contributed by atoms with Gasteiger partial charge in [0, 0.05) is 6.20 Å². The number of ether oxygens (including phenoxy) is 2. The molecule has 29 heavy (non-hydrogen) atoms. The van der Waals surface area contributed by atoms with Crippen LogP contribution in [-0.4, -0.2) is 62.4 Å². The predicted molar refractivity (Wildman–Crippen MR) is 104 cm³/mol. The smallest absolute Gasteiger partial charge is 0.351 e. The summed E-state index contributed by atoms with van der Waals surface area (Å²) in [6.45, 7) is 1.84. The summed E-state index contributed by atoms with van der Waals surface area (Å²) in [5.41, 5.74) is 4.69. The summed E-state index contributed by atoms with van der Waals surface area (Å²) in [5, 5.41) is 29.1. The van der Waals surface area contributed by atoms with Gasteiger partial charge < -0.3 is 30.5 Å². The Morgan fingerprint density at radius 2 is 1.86 bits per heavy atom. The average Bonchev–Trinajstić information content (AvgIpc) is 2.98. The molecule has 4 atom stereocenters. The van der Waals surface area contributed by atoms with E-state index < -0.39 is 42.8 Å². The molecular weight excluding hydrogens is 382 g/mol. The number of aliphatic hydroxyl groups excluding tert-OH is 3. The van der Waals surface area contributed by atoms with E-state index in [4.69, 9.17) is 15.2 Å². The lowest BCUT2D eigenvalue weighted by Gasteiger charge is -2.18. The normalized spacial score (nSPS) is 24.0. The Morgan fingerprint density at radius 3 is 2.48 bits per heavy atom. The van der Waals surface area contributed by atoms with Crippen molar-refractivity contribution in [2.75, 3.05) is 18.9 Å². The molecule has 5 N–H and O–H groups in total. The van der Waals surface area contributed by atoms with Crippen LogP contribution in [0, 0.1) is 0 Å². The van der Waals surface area contributed by atoms with Crippen molar-refractivity contribution in [2.45, 2.75) is 76.4 Å². The van der Waals surface area contributed by atoms with E-state index in [2.05, 4.69) is 11.9 Å². The van der Waals surface area contributed by atoms with Gasteiger partial charge in [0.25, 0.3) is 0 Å². The van der Waals surface area contributed by atoms with Gasteiger partial charge in [0.15, 0.2) is 6.23 Å². The molecule has 10 heteroatoms. The van der Waals surface area contributed by atoms with Gasteiger partial charge in [-0.3, -0.25) is 4.57 Å². The predicted octanol–water partition coefficient (Wildman–Crippen LogP) is 0.344. The van der Waals surface area contributed by atoms with Gasteiger partial charge in [-0.25, -0.2) is 9.59 Å². The first-order chi connectivity index (χ1) is 13.9. The second kappa shape index (κ2) is 11.2. The highest BCUT2D eigenvalue weighted by Gasteiger charge is 2.44. The lowest BCUT2D eigenvalue weighted by molar-refractivity contribution is -0.0550. The van der Waals surface area contributed by atoms with E-state index in [1.54, 1.807) is 0 Å². The van der Waals surface area contributed by atoms with Gasteiger partial charge in [0.1, 0.15) is 29.7 Å². The van der Waals surface area contributed by atoms with Crippen LogP contribution in [0.25, 0.3) is 0 Å². The molecule has 2 rings (SSSR count). The Balaban J connectivity index is 1.96. The van der Waals surface area contributed by atoms with Crippen LogP contribution in [-0.2, 0) is 9.47 Å². The van der Waals surface area contributed by atoms with Crippen molar-refractivity contribution in [1.82, 2.24) is 9.55 Å². The number of carbonyl (C=O) groups excluding carboxylic acids is 1. The summed E-state index contributed by atoms with van der Waals surface area (Å²) >= 11 is 0. The third-order valence-corrected chi connectivity index (χ3v) is 4.97. The first kappa shape index (κ1) is 23.3. The van der Waals surface area contributed by atoms with Crippen LogP contribution in [0.4, 0.5) is 5.82 Å². The monoisotopic (exact) mass is 413 g/mol. The first-order valence-electron chi connectivity index (χ1n) is 10.1. The lowest BCUT2D eigenvalue weighted by atomic mass is 10.1. The second-order valence-corrected chi connectivity index (χ2v) is 7.22. The molecule has 0 aromatic carbocycles. The zero-order chi connectivity index (χ0) is 21.4. The number of hydrogen-bond donors (Lipinski definition) is 4. The summed E-state index contributed by atoms with van der Waals surface area (Å²) in [5.74, 6) is -1.02. The topological polar surface area (TPSA) is 157 Å². The van der Waals surface area contributed by atoms with Crippen molar-refractivity contribution in [3.05, 3.63) is 22.2 Å². The van der Waals surface area contributed by atoms with Gasteiger partial charge in [-0.05, 0) is 6.42 Å². The molecule has 2 heterocycles. The molecule has 0 aliphatic carbocycles. The molecule has 1 fully saturated rings. The Morgan fingerprint density at radius 1 is 1.21 bits per heavy atom. The van der Waals surface area contributed by atoms with Gasteiger partial charge >= 0.3 is 11.7 Å². The molecule has 1 aromatic rings. The summed E-state index contributed by atoms with van der Waals surface area (Å²) in [6.07, 6.45) is 3.40. The quantitative estimate of drug-likeness (QED) is 0.297. The number of nitrogens with zero attached hydrogens (tertiary/aromatic N) is 2. The van der Waals surface area contributed by atoms with Crippen LogP contribution in [0.3, 0.4) is 0 Å². The maximum Gasteiger partial charge on any atom is 0.351 e. The molecule has 164 valence electrons. The maximum absolute atomic E-state index is 12.3. The van der Waals surface area contributed by atoms with E-state index >= 15 is 0 Å². The van der Waals surface area contributed by atoms with Crippen LogP contribution in [0.15, 0.2) is 11.0 Å². The molecule has 0 radical (unpaired) electrons. The van der Waals surface area contributed by atoms with Crippen molar-refractivity contribution in [2.24, 2.45) is 0 Å². The molecule has 0 unspecified atom stereocenters. The standard InChI is InChI=1S/C19H31N3O7/c1-2-3-4-5-6-7-8-9-28-18(26)12-10-22(19(27)21-16(12)20)17-15(25)14(24)13(11-23)29-17/h10,13-15,17,23-25H,2-9,11H2,1H3,(H2,20,21,27)/t13-,14-,15+,17-/m1/s1. The molecule has 0 amide bonds. The third-order valence-electron chi connectivity index (χ3n) is 4.97. The van der Waals surface area contributed by atoms with Gasteiger partial charge in [0.2, 0.25) is 0 Å². The average molecular weight is 413 g/mol. The molecule has 0 saturated carbocycles. The maximum atomic E-state index is 12.3. The molecular formula is C19H31N3O7. The lowest BCUT2D eigenvalue weighted by Crippen LogP contribution is -2.36. The highest BCUT2D eigenvalue weighted by molar-refractivity contribution is 5.93. The summed E-state index contributed by atoms with van der Waals surface area (Å²) in [6, 6.07) is 0. The molecule has 1 aromatic heterocycles. The summed E-state index contributed by atoms with van der Waals surface area (Å²) in [7, 11) is 0. The number of hydrogen-bond acceptors (Lipinski definition) is 9. The van der Waals surface area contributed by atoms with Crippen molar-refractivity contribution in [1.29, 1.82) is 0 Å². The van der Waals surface area contributed by atoms with Gasteiger partial charge in [-0.2, -0.15) is 4.98 Å². The highest BCUT2D eigenvalue weighted by atomic mass is 16.6. The molecule has 1 aliphatic rings. The molecule has 1 saturated heterocycles. The van der Waals surface area contributed by atoms with Crippen LogP contribution < -0.4 is 11.4 Å². The molecule has 1 aliphatic heterocycles. The van der Waals surface area contributed by atoms with E-state index in [1.807, 2.05) is 0 Å². The fourth-order valence-corrected chi connectivity index (χ4v) is 3.23. The number of unbranched alkanes of at least 4 members (excludes halogenated alkanes) is 6. The van der Waals surface area contributed by atoms with Crippen molar-refractivity contribution < 1.29 is 29.6 Å². The number of anilines is 1. The molecule has 10 nitrogen and oxygen atoms in total. The van der Waals surface area contributed by atoms with Crippen LogP contribution >= 0.6 is 0 Å². The number of carbonyl (C=O) groups is 1. The van der Waals surface area contributed by atoms with Gasteiger partial charge in [-0.15, -0.1) is 0 Å². The molecule has 0 bridgehead atoms. The number of esters is 1. The number of rotatable bonds is 11. The van der Waals surface area contributed by atoms with E-state index in [9.17, 15) is 24.9 Å². The van der Waals surface area contributed by atoms with E-state index in [0.29, 0.717) is 0 Å². The summed E-state index contributed by atoms with van der Waals surface area (Å²) < 4.78 is 11.4. The Bertz CT molecular complexity index is 724. The summed E-state index contributed by atoms with van der Waals surface area (Å²) in [4.78, 5) is 28.1. The fraction of sp³-hybridized carbons (Fsp3) is 0.737. The largest absolute Gasteiger partial charge is 0.462 e. The third kappa shape index (κ3) is 5.99. The van der Waals surface area contributed by atoms with Crippen LogP contribution in [0.2, 0.25) is 0 Å². The second-order valence-electron chi connectivity index (χ2n) is 7.22. The highest BCUT2D eigenvalue weighted by Crippen LogP contribution is 2.28. The van der Waals surface area contributed by atoms with Crippen LogP contribution in [0.5, 0.6) is 0 Å². The SMILES string of the molecule is CCCCCCCCCOC(=O)c1cn([C@@H]2O[C@H](CO)[C@@H](O)[C@@H]2O)c(=O)nc1N. The minimum Gasteiger partial charge on any atom is -0.462 e. The van der Waals surface area contributed by atoms with Crippen LogP contribution in [0.1, 0.15) is 68.5 Å². The fourth-order valence-electron chi connectivity index (χ4n) is 3.23. The number of nitrogens with two attached hydrogens (primary N) is 1. The first-order valence-corrected chi connectivity index (χ1v) is 10.1. The zero-order valence-corrected chi connectivity index (χ0v) is 16.7. The Hall–Kier alpha value is -2.01. The molecule has 0 spiro atoms. The minimum atomic E-state index is -1.48.